The van der Waals surface area contributed by atoms with Crippen LogP contribution in [0.5, 0.6) is 5.75 Å². The van der Waals surface area contributed by atoms with Crippen molar-refractivity contribution in [1.82, 2.24) is 0 Å². The Labute approximate surface area is 101 Å². The van der Waals surface area contributed by atoms with Crippen molar-refractivity contribution in [3.63, 3.8) is 0 Å². The molecule has 85 valence electrons. The van der Waals surface area contributed by atoms with E-state index in [1.807, 2.05) is 55.5 Å². The predicted molar refractivity (Wildman–Crippen MR) is 67.1 cm³/mol. The van der Waals surface area contributed by atoms with E-state index in [9.17, 15) is 0 Å². The Morgan fingerprint density at radius 2 is 1.53 bits per heavy atom. The summed E-state index contributed by atoms with van der Waals surface area (Å²) >= 11 is 0. The maximum atomic E-state index is 5.35. The SMILES string of the molecule is CCOc1ccc(/N=N/c2cc[c]cc2)cc1. The van der Waals surface area contributed by atoms with E-state index >= 15 is 0 Å². The van der Waals surface area contributed by atoms with Crippen molar-refractivity contribution in [2.24, 2.45) is 10.2 Å². The van der Waals surface area contributed by atoms with Gasteiger partial charge in [0.15, 0.2) is 0 Å². The fraction of sp³-hybridized carbons (Fsp3) is 0.143. The van der Waals surface area contributed by atoms with E-state index in [4.69, 9.17) is 4.74 Å². The van der Waals surface area contributed by atoms with Crippen LogP contribution in [0.15, 0.2) is 58.8 Å². The number of nitrogens with zero attached hydrogens (tertiary/aromatic N) is 2. The Bertz CT molecular complexity index is 477. The second kappa shape index (κ2) is 5.80. The first-order valence-corrected chi connectivity index (χ1v) is 5.49. The summed E-state index contributed by atoms with van der Waals surface area (Å²) in [6.45, 7) is 2.63. The first-order valence-electron chi connectivity index (χ1n) is 5.49. The van der Waals surface area contributed by atoms with Crippen molar-refractivity contribution in [3.8, 4) is 5.75 Å². The molecule has 2 aromatic rings. The Balaban J connectivity index is 2.06. The third kappa shape index (κ3) is 3.41. The maximum Gasteiger partial charge on any atom is 0.119 e. The van der Waals surface area contributed by atoms with Gasteiger partial charge in [0.05, 0.1) is 18.0 Å². The molecule has 0 bridgehead atoms. The molecule has 0 unspecified atom stereocenters. The summed E-state index contributed by atoms with van der Waals surface area (Å²) in [4.78, 5) is 0. The van der Waals surface area contributed by atoms with E-state index in [-0.39, 0.29) is 0 Å². The smallest absolute Gasteiger partial charge is 0.119 e. The first-order chi connectivity index (χ1) is 8.38. The molecule has 17 heavy (non-hydrogen) atoms. The predicted octanol–water partition coefficient (Wildman–Crippen LogP) is 4.30. The van der Waals surface area contributed by atoms with Gasteiger partial charge >= 0.3 is 0 Å². The molecular formula is C14H13N2O. The summed E-state index contributed by atoms with van der Waals surface area (Å²) in [7, 11) is 0. The second-order valence-electron chi connectivity index (χ2n) is 3.39. The molecule has 0 heterocycles. The van der Waals surface area contributed by atoms with Crippen LogP contribution in [-0.4, -0.2) is 6.61 Å². The minimum Gasteiger partial charge on any atom is -0.494 e. The number of benzene rings is 2. The van der Waals surface area contributed by atoms with Gasteiger partial charge in [0.25, 0.3) is 0 Å². The lowest BCUT2D eigenvalue weighted by molar-refractivity contribution is 0.340. The van der Waals surface area contributed by atoms with E-state index < -0.39 is 0 Å². The highest BCUT2D eigenvalue weighted by Gasteiger charge is 1.93. The van der Waals surface area contributed by atoms with Gasteiger partial charge in [0.2, 0.25) is 0 Å². The average Bonchev–Trinajstić information content (AvgIpc) is 2.40. The number of azo groups is 1. The molecule has 0 aliphatic heterocycles. The lowest BCUT2D eigenvalue weighted by Crippen LogP contribution is -1.89. The molecule has 0 aliphatic rings. The Morgan fingerprint density at radius 1 is 0.941 bits per heavy atom. The summed E-state index contributed by atoms with van der Waals surface area (Å²) in [6, 6.07) is 17.8. The van der Waals surface area contributed by atoms with Crippen LogP contribution in [0.25, 0.3) is 0 Å². The standard InChI is InChI=1S/C14H13N2O/c1-2-17-14-10-8-13(9-11-14)16-15-12-6-4-3-5-7-12/h4-11H,2H2,1H3/b16-15+. The zero-order valence-electron chi connectivity index (χ0n) is 9.63. The number of rotatable bonds is 4. The maximum absolute atomic E-state index is 5.35. The van der Waals surface area contributed by atoms with Gasteiger partial charge in [-0.25, -0.2) is 0 Å². The fourth-order valence-electron chi connectivity index (χ4n) is 1.34. The molecule has 0 atom stereocenters. The zero-order valence-corrected chi connectivity index (χ0v) is 9.63. The average molecular weight is 225 g/mol. The van der Waals surface area contributed by atoms with Crippen LogP contribution in [0.4, 0.5) is 11.4 Å². The molecule has 0 aromatic heterocycles. The van der Waals surface area contributed by atoms with E-state index in [0.29, 0.717) is 6.61 Å². The third-order valence-electron chi connectivity index (χ3n) is 2.13. The molecule has 0 saturated heterocycles. The van der Waals surface area contributed by atoms with Crippen molar-refractivity contribution >= 4 is 11.4 Å². The van der Waals surface area contributed by atoms with Gasteiger partial charge in [-0.2, -0.15) is 10.2 Å². The van der Waals surface area contributed by atoms with Crippen LogP contribution in [0.1, 0.15) is 6.92 Å². The summed E-state index contributed by atoms with van der Waals surface area (Å²) in [5.41, 5.74) is 1.62. The zero-order chi connectivity index (χ0) is 11.9. The molecule has 0 fully saturated rings. The second-order valence-corrected chi connectivity index (χ2v) is 3.39. The molecule has 0 spiro atoms. The van der Waals surface area contributed by atoms with Crippen LogP contribution in [0.3, 0.4) is 0 Å². The number of ether oxygens (including phenoxy) is 1. The van der Waals surface area contributed by atoms with Crippen LogP contribution in [-0.2, 0) is 0 Å². The Morgan fingerprint density at radius 3 is 2.12 bits per heavy atom. The first kappa shape index (κ1) is 11.3. The fourth-order valence-corrected chi connectivity index (χ4v) is 1.34. The quantitative estimate of drug-likeness (QED) is 0.714. The van der Waals surface area contributed by atoms with E-state index in [1.165, 1.54) is 0 Å². The van der Waals surface area contributed by atoms with Crippen LogP contribution < -0.4 is 4.74 Å². The van der Waals surface area contributed by atoms with E-state index in [0.717, 1.165) is 17.1 Å². The van der Waals surface area contributed by atoms with Crippen molar-refractivity contribution in [3.05, 3.63) is 54.6 Å². The van der Waals surface area contributed by atoms with Crippen molar-refractivity contribution in [1.29, 1.82) is 0 Å². The normalized spacial score (nSPS) is 10.6. The van der Waals surface area contributed by atoms with Gasteiger partial charge in [0, 0.05) is 0 Å². The molecule has 3 nitrogen and oxygen atoms in total. The summed E-state index contributed by atoms with van der Waals surface area (Å²) in [5, 5.41) is 8.25. The molecule has 3 heteroatoms. The van der Waals surface area contributed by atoms with E-state index in [2.05, 4.69) is 16.3 Å². The van der Waals surface area contributed by atoms with Crippen LogP contribution in [0.2, 0.25) is 0 Å². The van der Waals surface area contributed by atoms with Crippen LogP contribution >= 0.6 is 0 Å². The Hall–Kier alpha value is -2.16. The van der Waals surface area contributed by atoms with Crippen LogP contribution in [0, 0.1) is 6.07 Å². The topological polar surface area (TPSA) is 34.0 Å². The highest BCUT2D eigenvalue weighted by molar-refractivity contribution is 5.42. The van der Waals surface area contributed by atoms with Gasteiger partial charge in [-0.1, -0.05) is 12.1 Å². The number of hydrogen-bond acceptors (Lipinski definition) is 3. The molecule has 0 amide bonds. The minimum atomic E-state index is 0.668. The minimum absolute atomic E-state index is 0.668. The van der Waals surface area contributed by atoms with Gasteiger partial charge in [0.1, 0.15) is 5.75 Å². The Kier molecular flexibility index (Phi) is 3.86. The molecule has 2 rings (SSSR count). The molecular weight excluding hydrogens is 212 g/mol. The summed E-state index contributed by atoms with van der Waals surface area (Å²) in [6.07, 6.45) is 0. The molecule has 0 saturated carbocycles. The third-order valence-corrected chi connectivity index (χ3v) is 2.13. The van der Waals surface area contributed by atoms with Gasteiger partial charge < -0.3 is 4.74 Å². The largest absolute Gasteiger partial charge is 0.494 e. The van der Waals surface area contributed by atoms with Crippen molar-refractivity contribution in [2.75, 3.05) is 6.61 Å². The number of hydrogen-bond donors (Lipinski definition) is 0. The highest BCUT2D eigenvalue weighted by atomic mass is 16.5. The lowest BCUT2D eigenvalue weighted by atomic mass is 10.3. The van der Waals surface area contributed by atoms with Gasteiger partial charge in [-0.15, -0.1) is 0 Å². The monoisotopic (exact) mass is 225 g/mol. The molecule has 0 aliphatic carbocycles. The van der Waals surface area contributed by atoms with E-state index in [1.54, 1.807) is 0 Å². The molecule has 0 N–H and O–H groups in total. The molecule has 2 aromatic carbocycles. The van der Waals surface area contributed by atoms with Gasteiger partial charge in [-0.05, 0) is 49.4 Å². The van der Waals surface area contributed by atoms with Gasteiger partial charge in [-0.3, -0.25) is 0 Å². The summed E-state index contributed by atoms with van der Waals surface area (Å²) < 4.78 is 5.35. The van der Waals surface area contributed by atoms with Crippen molar-refractivity contribution in [2.45, 2.75) is 6.92 Å². The van der Waals surface area contributed by atoms with Crippen molar-refractivity contribution < 1.29 is 4.74 Å². The highest BCUT2D eigenvalue weighted by Crippen LogP contribution is 2.20. The molecule has 1 radical (unpaired) electrons. The lowest BCUT2D eigenvalue weighted by Gasteiger charge is -2.01. The summed E-state index contributed by atoms with van der Waals surface area (Å²) in [5.74, 6) is 0.848.